The maximum Gasteiger partial charge on any atom is 0.280 e. The van der Waals surface area contributed by atoms with Gasteiger partial charge in [-0.2, -0.15) is 5.10 Å². The lowest BCUT2D eigenvalue weighted by Crippen LogP contribution is -3.08. The molecule has 25 heavy (non-hydrogen) atoms. The summed E-state index contributed by atoms with van der Waals surface area (Å²) in [7, 11) is 1.84. The van der Waals surface area contributed by atoms with E-state index in [4.69, 9.17) is 11.6 Å². The van der Waals surface area contributed by atoms with Crippen LogP contribution in [0, 0.1) is 5.82 Å². The van der Waals surface area contributed by atoms with E-state index in [9.17, 15) is 9.18 Å². The van der Waals surface area contributed by atoms with Gasteiger partial charge in [0, 0.05) is 6.07 Å². The third-order valence-electron chi connectivity index (χ3n) is 4.61. The minimum atomic E-state index is -0.341. The fourth-order valence-corrected chi connectivity index (χ4v) is 3.61. The number of rotatable bonds is 6. The van der Waals surface area contributed by atoms with Gasteiger partial charge < -0.3 is 10.2 Å². The average molecular weight is 366 g/mol. The van der Waals surface area contributed by atoms with Crippen LogP contribution >= 0.6 is 11.6 Å². The molecule has 2 aromatic rings. The van der Waals surface area contributed by atoms with Gasteiger partial charge in [-0.3, -0.25) is 4.79 Å². The van der Waals surface area contributed by atoms with E-state index in [0.29, 0.717) is 23.2 Å². The Balaban J connectivity index is 1.58. The average Bonchev–Trinajstić information content (AvgIpc) is 3.22. The summed E-state index contributed by atoms with van der Waals surface area (Å²) in [5.41, 5.74) is 0.436. The second kappa shape index (κ2) is 7.97. The molecule has 3 rings (SSSR count). The fraction of sp³-hybridized carbons (Fsp3) is 0.444. The standard InChI is InChI=1S/C18H22ClFN4O/c1-23(11-14-15(19)7-4-8-16(14)20)12-18(25)22-17-9-10-21-24(17)13-5-2-3-6-13/h4,7-10,13H,2-3,5-6,11-12H2,1H3,(H,22,25)/p+1. The van der Waals surface area contributed by atoms with Gasteiger partial charge in [-0.05, 0) is 25.0 Å². The highest BCUT2D eigenvalue weighted by Gasteiger charge is 2.21. The molecule has 134 valence electrons. The van der Waals surface area contributed by atoms with Gasteiger partial charge in [0.25, 0.3) is 5.91 Å². The highest BCUT2D eigenvalue weighted by Crippen LogP contribution is 2.31. The monoisotopic (exact) mass is 365 g/mol. The summed E-state index contributed by atoms with van der Waals surface area (Å²) in [5.74, 6) is 0.268. The number of carbonyl (C=O) groups excluding carboxylic acids is 1. The molecular formula is C18H23ClFN4O+. The molecule has 2 N–H and O–H groups in total. The quantitative estimate of drug-likeness (QED) is 0.826. The molecule has 1 aromatic heterocycles. The number of anilines is 1. The van der Waals surface area contributed by atoms with Crippen LogP contribution in [0.3, 0.4) is 0 Å². The number of halogens is 2. The van der Waals surface area contributed by atoms with Gasteiger partial charge in [0.1, 0.15) is 18.2 Å². The topological polar surface area (TPSA) is 51.4 Å². The Hall–Kier alpha value is -1.92. The maximum absolute atomic E-state index is 13.9. The summed E-state index contributed by atoms with van der Waals surface area (Å²) in [6, 6.07) is 6.81. The molecule has 1 aliphatic rings. The van der Waals surface area contributed by atoms with Gasteiger partial charge in [0.2, 0.25) is 0 Å². The second-order valence-corrected chi connectivity index (χ2v) is 7.07. The first kappa shape index (κ1) is 17.9. The van der Waals surface area contributed by atoms with E-state index in [1.165, 1.54) is 18.9 Å². The molecule has 5 nitrogen and oxygen atoms in total. The van der Waals surface area contributed by atoms with Crippen molar-refractivity contribution in [3.05, 3.63) is 46.9 Å². The molecule has 7 heteroatoms. The number of hydrogen-bond acceptors (Lipinski definition) is 2. The summed E-state index contributed by atoms with van der Waals surface area (Å²) in [6.45, 7) is 0.571. The number of nitrogens with zero attached hydrogens (tertiary/aromatic N) is 2. The zero-order valence-electron chi connectivity index (χ0n) is 14.3. The van der Waals surface area contributed by atoms with Crippen LogP contribution in [-0.2, 0) is 11.3 Å². The molecule has 0 bridgehead atoms. The number of quaternary nitrogens is 1. The van der Waals surface area contributed by atoms with Crippen molar-refractivity contribution in [1.29, 1.82) is 0 Å². The zero-order chi connectivity index (χ0) is 17.8. The minimum Gasteiger partial charge on any atom is -0.326 e. The van der Waals surface area contributed by atoms with Crippen molar-refractivity contribution in [3.63, 3.8) is 0 Å². The van der Waals surface area contributed by atoms with E-state index in [0.717, 1.165) is 23.6 Å². The largest absolute Gasteiger partial charge is 0.326 e. The Morgan fingerprint density at radius 1 is 1.40 bits per heavy atom. The molecule has 1 aliphatic carbocycles. The molecule has 1 unspecified atom stereocenters. The summed E-state index contributed by atoms with van der Waals surface area (Å²) in [6.07, 6.45) is 6.31. The predicted molar refractivity (Wildman–Crippen MR) is 95.2 cm³/mol. The number of likely N-dealkylation sites (N-methyl/N-ethyl adjacent to an activating group) is 1. The Bertz CT molecular complexity index is 722. The first-order valence-electron chi connectivity index (χ1n) is 8.62. The van der Waals surface area contributed by atoms with Crippen LogP contribution in [0.25, 0.3) is 0 Å². The lowest BCUT2D eigenvalue weighted by Gasteiger charge is -2.17. The zero-order valence-corrected chi connectivity index (χ0v) is 15.0. The number of hydrogen-bond donors (Lipinski definition) is 2. The number of benzene rings is 1. The van der Waals surface area contributed by atoms with E-state index < -0.39 is 0 Å². The molecular weight excluding hydrogens is 343 g/mol. The lowest BCUT2D eigenvalue weighted by atomic mass is 10.2. The first-order valence-corrected chi connectivity index (χ1v) is 9.00. The molecule has 0 saturated heterocycles. The summed E-state index contributed by atoms with van der Waals surface area (Å²) in [5, 5.41) is 7.66. The predicted octanol–water partition coefficient (Wildman–Crippen LogP) is 2.44. The van der Waals surface area contributed by atoms with Crippen molar-refractivity contribution in [2.75, 3.05) is 18.9 Å². The normalized spacial score (nSPS) is 16.1. The SMILES string of the molecule is C[NH+](CC(=O)Nc1ccnn1C1CCCC1)Cc1c(F)cccc1Cl. The van der Waals surface area contributed by atoms with Crippen LogP contribution in [0.5, 0.6) is 0 Å². The number of nitrogens with one attached hydrogen (secondary N) is 2. The second-order valence-electron chi connectivity index (χ2n) is 6.66. The van der Waals surface area contributed by atoms with E-state index in [-0.39, 0.29) is 18.3 Å². The van der Waals surface area contributed by atoms with Gasteiger partial charge in [-0.15, -0.1) is 0 Å². The maximum atomic E-state index is 13.9. The summed E-state index contributed by atoms with van der Waals surface area (Å²) < 4.78 is 15.8. The fourth-order valence-electron chi connectivity index (χ4n) is 3.38. The number of aromatic nitrogens is 2. The summed E-state index contributed by atoms with van der Waals surface area (Å²) >= 11 is 6.05. The van der Waals surface area contributed by atoms with Crippen LogP contribution < -0.4 is 10.2 Å². The van der Waals surface area contributed by atoms with Gasteiger partial charge in [0.15, 0.2) is 6.54 Å². The Kier molecular flexibility index (Phi) is 5.71. The van der Waals surface area contributed by atoms with E-state index >= 15 is 0 Å². The van der Waals surface area contributed by atoms with E-state index in [1.54, 1.807) is 18.3 Å². The molecule has 1 aromatic carbocycles. The van der Waals surface area contributed by atoms with Crippen molar-refractivity contribution in [1.82, 2.24) is 9.78 Å². The van der Waals surface area contributed by atoms with Crippen molar-refractivity contribution in [2.45, 2.75) is 38.3 Å². The minimum absolute atomic E-state index is 0.121. The van der Waals surface area contributed by atoms with E-state index in [2.05, 4.69) is 10.4 Å². The van der Waals surface area contributed by atoms with Gasteiger partial charge in [0.05, 0.1) is 29.9 Å². The van der Waals surface area contributed by atoms with Gasteiger partial charge in [-0.1, -0.05) is 30.5 Å². The first-order chi connectivity index (χ1) is 12.0. The molecule has 1 heterocycles. The van der Waals surface area contributed by atoms with Crippen LogP contribution in [-0.4, -0.2) is 29.3 Å². The third kappa shape index (κ3) is 4.38. The molecule has 1 fully saturated rings. The summed E-state index contributed by atoms with van der Waals surface area (Å²) in [4.78, 5) is 13.2. The van der Waals surface area contributed by atoms with Crippen LogP contribution in [0.1, 0.15) is 37.3 Å². The highest BCUT2D eigenvalue weighted by atomic mass is 35.5. The number of carbonyl (C=O) groups is 1. The molecule has 0 radical (unpaired) electrons. The van der Waals surface area contributed by atoms with Crippen LogP contribution in [0.2, 0.25) is 5.02 Å². The number of amides is 1. The molecule has 1 atom stereocenters. The van der Waals surface area contributed by atoms with Crippen molar-refractivity contribution in [2.24, 2.45) is 0 Å². The van der Waals surface area contributed by atoms with Crippen LogP contribution in [0.4, 0.5) is 10.2 Å². The molecule has 1 amide bonds. The van der Waals surface area contributed by atoms with Crippen molar-refractivity contribution >= 4 is 23.3 Å². The molecule has 1 saturated carbocycles. The van der Waals surface area contributed by atoms with Gasteiger partial charge >= 0.3 is 0 Å². The van der Waals surface area contributed by atoms with Gasteiger partial charge in [-0.25, -0.2) is 9.07 Å². The lowest BCUT2D eigenvalue weighted by molar-refractivity contribution is -0.885. The van der Waals surface area contributed by atoms with E-state index in [1.807, 2.05) is 17.8 Å². The third-order valence-corrected chi connectivity index (χ3v) is 4.97. The molecule has 0 aliphatic heterocycles. The Morgan fingerprint density at radius 2 is 2.16 bits per heavy atom. The highest BCUT2D eigenvalue weighted by molar-refractivity contribution is 6.31. The van der Waals surface area contributed by atoms with Crippen molar-refractivity contribution in [3.8, 4) is 0 Å². The Labute approximate surface area is 151 Å². The van der Waals surface area contributed by atoms with Crippen molar-refractivity contribution < 1.29 is 14.1 Å². The molecule has 0 spiro atoms. The Morgan fingerprint density at radius 3 is 2.88 bits per heavy atom. The smallest absolute Gasteiger partial charge is 0.280 e. The van der Waals surface area contributed by atoms with Crippen LogP contribution in [0.15, 0.2) is 30.5 Å².